The molecule has 31 heavy (non-hydrogen) atoms. The third-order valence-electron chi connectivity index (χ3n) is 4.65. The molecule has 1 N–H and O–H groups in total. The van der Waals surface area contributed by atoms with E-state index in [1.165, 1.54) is 23.5 Å². The van der Waals surface area contributed by atoms with E-state index in [4.69, 9.17) is 5.26 Å². The van der Waals surface area contributed by atoms with Gasteiger partial charge >= 0.3 is 0 Å². The normalized spacial score (nSPS) is 11.1. The first kappa shape index (κ1) is 22.7. The molecule has 1 amide bonds. The summed E-state index contributed by atoms with van der Waals surface area (Å²) in [6, 6.07) is 19.0. The second kappa shape index (κ2) is 10.4. The van der Waals surface area contributed by atoms with Crippen LogP contribution in [0.25, 0.3) is 0 Å². The standard InChI is InChI=1S/C23H23N3O3S2/c1-2-12-26(17-19-10-8-18(15-24)9-11-19)23(27)20-5-3-7-22(14-20)31(28,29)25-16-21-6-4-13-30-21/h3-11,13-14,25H,2,12,16-17H2,1H3. The molecule has 2 aromatic carbocycles. The Balaban J connectivity index is 1.77. The molecule has 0 bridgehead atoms. The summed E-state index contributed by atoms with van der Waals surface area (Å²) in [5.74, 6) is -0.235. The smallest absolute Gasteiger partial charge is 0.254 e. The highest BCUT2D eigenvalue weighted by Gasteiger charge is 2.20. The third-order valence-corrected chi connectivity index (χ3v) is 6.92. The number of nitrogens with zero attached hydrogens (tertiary/aromatic N) is 2. The van der Waals surface area contributed by atoms with E-state index in [0.717, 1.165) is 16.9 Å². The number of thiophene rings is 1. The molecule has 0 fully saturated rings. The van der Waals surface area contributed by atoms with Gasteiger partial charge in [-0.1, -0.05) is 31.2 Å². The molecule has 0 atom stereocenters. The van der Waals surface area contributed by atoms with Crippen LogP contribution < -0.4 is 4.72 Å². The van der Waals surface area contributed by atoms with Crippen molar-refractivity contribution in [3.05, 3.63) is 87.6 Å². The lowest BCUT2D eigenvalue weighted by Crippen LogP contribution is -2.31. The Kier molecular flexibility index (Phi) is 7.58. The number of carbonyl (C=O) groups is 1. The minimum Gasteiger partial charge on any atom is -0.334 e. The first-order valence-corrected chi connectivity index (χ1v) is 12.2. The molecule has 0 radical (unpaired) electrons. The molecular formula is C23H23N3O3S2. The van der Waals surface area contributed by atoms with E-state index < -0.39 is 10.0 Å². The van der Waals surface area contributed by atoms with Crippen LogP contribution >= 0.6 is 11.3 Å². The Labute approximate surface area is 186 Å². The number of amides is 1. The van der Waals surface area contributed by atoms with Crippen molar-refractivity contribution in [1.82, 2.24) is 9.62 Å². The van der Waals surface area contributed by atoms with Crippen LogP contribution in [0.3, 0.4) is 0 Å². The van der Waals surface area contributed by atoms with E-state index in [0.29, 0.717) is 24.2 Å². The van der Waals surface area contributed by atoms with Gasteiger partial charge in [-0.3, -0.25) is 4.79 Å². The van der Waals surface area contributed by atoms with Gasteiger partial charge in [0.25, 0.3) is 5.91 Å². The van der Waals surface area contributed by atoms with Crippen molar-refractivity contribution < 1.29 is 13.2 Å². The summed E-state index contributed by atoms with van der Waals surface area (Å²) >= 11 is 1.47. The summed E-state index contributed by atoms with van der Waals surface area (Å²) < 4.78 is 28.0. The molecule has 160 valence electrons. The minimum atomic E-state index is -3.74. The lowest BCUT2D eigenvalue weighted by molar-refractivity contribution is 0.0743. The van der Waals surface area contributed by atoms with E-state index in [2.05, 4.69) is 10.8 Å². The molecule has 0 saturated heterocycles. The molecule has 0 spiro atoms. The van der Waals surface area contributed by atoms with Gasteiger partial charge in [0.2, 0.25) is 10.0 Å². The number of hydrogen-bond acceptors (Lipinski definition) is 5. The fourth-order valence-electron chi connectivity index (χ4n) is 3.07. The first-order valence-electron chi connectivity index (χ1n) is 9.83. The van der Waals surface area contributed by atoms with Crippen molar-refractivity contribution in [2.45, 2.75) is 31.3 Å². The number of benzene rings is 2. The highest BCUT2D eigenvalue weighted by molar-refractivity contribution is 7.89. The highest BCUT2D eigenvalue weighted by atomic mass is 32.2. The van der Waals surface area contributed by atoms with Gasteiger partial charge in [-0.2, -0.15) is 5.26 Å². The van der Waals surface area contributed by atoms with Crippen LogP contribution in [0.2, 0.25) is 0 Å². The summed E-state index contributed by atoms with van der Waals surface area (Å²) in [6.45, 7) is 3.10. The lowest BCUT2D eigenvalue weighted by atomic mass is 10.1. The average Bonchev–Trinajstić information content (AvgIpc) is 3.31. The zero-order valence-corrected chi connectivity index (χ0v) is 18.7. The van der Waals surface area contributed by atoms with Crippen molar-refractivity contribution in [2.24, 2.45) is 0 Å². The minimum absolute atomic E-state index is 0.0599. The van der Waals surface area contributed by atoms with E-state index in [-0.39, 0.29) is 17.3 Å². The molecule has 8 heteroatoms. The predicted octanol–water partition coefficient (Wildman–Crippen LogP) is 4.15. The van der Waals surface area contributed by atoms with Gasteiger partial charge in [-0.15, -0.1) is 11.3 Å². The van der Waals surface area contributed by atoms with E-state index in [1.54, 1.807) is 29.2 Å². The Hall–Kier alpha value is -2.99. The summed E-state index contributed by atoms with van der Waals surface area (Å²) in [7, 11) is -3.74. The Morgan fingerprint density at radius 2 is 1.90 bits per heavy atom. The van der Waals surface area contributed by atoms with Gasteiger partial charge in [0.1, 0.15) is 0 Å². The zero-order valence-electron chi connectivity index (χ0n) is 17.1. The molecule has 0 unspecified atom stereocenters. The van der Waals surface area contributed by atoms with E-state index in [9.17, 15) is 13.2 Å². The summed E-state index contributed by atoms with van der Waals surface area (Å²) in [6.07, 6.45) is 0.766. The number of hydrogen-bond donors (Lipinski definition) is 1. The van der Waals surface area contributed by atoms with Gasteiger partial charge < -0.3 is 4.90 Å². The molecule has 0 aliphatic heterocycles. The topological polar surface area (TPSA) is 90.3 Å². The maximum Gasteiger partial charge on any atom is 0.254 e. The van der Waals surface area contributed by atoms with Crippen LogP contribution in [-0.4, -0.2) is 25.8 Å². The highest BCUT2D eigenvalue weighted by Crippen LogP contribution is 2.17. The Morgan fingerprint density at radius 3 is 2.55 bits per heavy atom. The maximum absolute atomic E-state index is 13.1. The second-order valence-corrected chi connectivity index (χ2v) is 9.77. The molecule has 3 aromatic rings. The third kappa shape index (κ3) is 6.01. The van der Waals surface area contributed by atoms with Gasteiger partial charge in [-0.05, 0) is 53.8 Å². The number of rotatable bonds is 9. The molecule has 3 rings (SSSR count). The van der Waals surface area contributed by atoms with Gasteiger partial charge in [0.15, 0.2) is 0 Å². The molecule has 0 saturated carbocycles. The fraction of sp³-hybridized carbons (Fsp3) is 0.217. The number of nitriles is 1. The first-order chi connectivity index (χ1) is 14.9. The van der Waals surface area contributed by atoms with Crippen LogP contribution in [0, 0.1) is 11.3 Å². The van der Waals surface area contributed by atoms with Crippen molar-refractivity contribution in [3.8, 4) is 6.07 Å². The number of carbonyl (C=O) groups excluding carboxylic acids is 1. The fourth-order valence-corrected chi connectivity index (χ4v) is 4.86. The molecule has 0 aliphatic carbocycles. The van der Waals surface area contributed by atoms with Gasteiger partial charge in [0.05, 0.1) is 16.5 Å². The SMILES string of the molecule is CCCN(Cc1ccc(C#N)cc1)C(=O)c1cccc(S(=O)(=O)NCc2cccs2)c1. The van der Waals surface area contributed by atoms with Gasteiger partial charge in [-0.25, -0.2) is 13.1 Å². The average molecular weight is 454 g/mol. The van der Waals surface area contributed by atoms with Crippen LogP contribution in [0.5, 0.6) is 0 Å². The molecule has 6 nitrogen and oxygen atoms in total. The lowest BCUT2D eigenvalue weighted by Gasteiger charge is -2.22. The maximum atomic E-state index is 13.1. The number of sulfonamides is 1. The van der Waals surface area contributed by atoms with Crippen LogP contribution in [0.4, 0.5) is 0 Å². The summed E-state index contributed by atoms with van der Waals surface area (Å²) in [5, 5.41) is 10.8. The monoisotopic (exact) mass is 453 g/mol. The molecule has 0 aliphatic rings. The quantitative estimate of drug-likeness (QED) is 0.527. The largest absolute Gasteiger partial charge is 0.334 e. The van der Waals surface area contributed by atoms with Gasteiger partial charge in [0, 0.05) is 30.1 Å². The van der Waals surface area contributed by atoms with Crippen molar-refractivity contribution >= 4 is 27.3 Å². The Morgan fingerprint density at radius 1 is 1.13 bits per heavy atom. The van der Waals surface area contributed by atoms with E-state index in [1.807, 2.05) is 36.6 Å². The van der Waals surface area contributed by atoms with Crippen molar-refractivity contribution in [2.75, 3.05) is 6.54 Å². The van der Waals surface area contributed by atoms with Crippen LogP contribution in [-0.2, 0) is 23.1 Å². The predicted molar refractivity (Wildman–Crippen MR) is 121 cm³/mol. The summed E-state index contributed by atoms with van der Waals surface area (Å²) in [5.41, 5.74) is 1.79. The summed E-state index contributed by atoms with van der Waals surface area (Å²) in [4.78, 5) is 15.8. The van der Waals surface area contributed by atoms with Crippen LogP contribution in [0.15, 0.2) is 70.9 Å². The second-order valence-electron chi connectivity index (χ2n) is 6.97. The van der Waals surface area contributed by atoms with Crippen molar-refractivity contribution in [3.63, 3.8) is 0 Å². The zero-order chi connectivity index (χ0) is 22.3. The number of nitrogens with one attached hydrogen (secondary N) is 1. The Bertz CT molecular complexity index is 1170. The van der Waals surface area contributed by atoms with Crippen molar-refractivity contribution in [1.29, 1.82) is 5.26 Å². The van der Waals surface area contributed by atoms with E-state index >= 15 is 0 Å². The van der Waals surface area contributed by atoms with Crippen LogP contribution in [0.1, 0.15) is 39.7 Å². The molecule has 1 aromatic heterocycles. The molecule has 1 heterocycles. The molecular weight excluding hydrogens is 430 g/mol.